The Bertz CT molecular complexity index is 979. The lowest BCUT2D eigenvalue weighted by Crippen LogP contribution is -2.35. The van der Waals surface area contributed by atoms with E-state index in [1.807, 2.05) is 4.90 Å². The SMILES string of the molecule is N#CC1CCCN(c2cc(-c3cnc4ccc(C(F)F)nn34)ncn2)C1. The van der Waals surface area contributed by atoms with E-state index in [2.05, 4.69) is 26.1 Å². The zero-order valence-electron chi connectivity index (χ0n) is 13.8. The van der Waals surface area contributed by atoms with Gasteiger partial charge in [-0.15, -0.1) is 0 Å². The normalized spacial score (nSPS) is 17.6. The lowest BCUT2D eigenvalue weighted by molar-refractivity contribution is 0.144. The summed E-state index contributed by atoms with van der Waals surface area (Å²) in [6, 6.07) is 6.85. The van der Waals surface area contributed by atoms with Crippen LogP contribution in [0.2, 0.25) is 0 Å². The van der Waals surface area contributed by atoms with Crippen LogP contribution in [0, 0.1) is 17.2 Å². The van der Waals surface area contributed by atoms with E-state index >= 15 is 0 Å². The molecule has 0 amide bonds. The third kappa shape index (κ3) is 2.94. The van der Waals surface area contributed by atoms with Crippen LogP contribution in [0.4, 0.5) is 14.6 Å². The van der Waals surface area contributed by atoms with E-state index in [9.17, 15) is 8.78 Å². The summed E-state index contributed by atoms with van der Waals surface area (Å²) in [6.45, 7) is 1.43. The largest absolute Gasteiger partial charge is 0.355 e. The van der Waals surface area contributed by atoms with Gasteiger partial charge in [0.2, 0.25) is 0 Å². The van der Waals surface area contributed by atoms with Gasteiger partial charge >= 0.3 is 0 Å². The molecular formula is C17H15F2N7. The van der Waals surface area contributed by atoms with Crippen LogP contribution in [0.25, 0.3) is 17.0 Å². The van der Waals surface area contributed by atoms with Gasteiger partial charge in [-0.05, 0) is 25.0 Å². The smallest absolute Gasteiger partial charge is 0.282 e. The Morgan fingerprint density at radius 1 is 1.23 bits per heavy atom. The van der Waals surface area contributed by atoms with Crippen LogP contribution in [0.1, 0.15) is 25.0 Å². The zero-order chi connectivity index (χ0) is 18.1. The van der Waals surface area contributed by atoms with E-state index in [-0.39, 0.29) is 11.6 Å². The standard InChI is InChI=1S/C17H15F2N7/c18-17(19)12-3-4-15-21-8-14(26(15)24-12)13-6-16(23-10-22-13)25-5-1-2-11(7-20)9-25/h3-4,6,8,10-11,17H,1-2,5,9H2. The van der Waals surface area contributed by atoms with E-state index in [1.54, 1.807) is 12.3 Å². The second kappa shape index (κ2) is 6.63. The molecule has 1 aliphatic rings. The van der Waals surface area contributed by atoms with Crippen molar-refractivity contribution in [3.05, 3.63) is 36.4 Å². The molecule has 0 spiro atoms. The van der Waals surface area contributed by atoms with E-state index in [4.69, 9.17) is 5.26 Å². The third-order valence-corrected chi connectivity index (χ3v) is 4.45. The highest BCUT2D eigenvalue weighted by molar-refractivity contribution is 5.62. The van der Waals surface area contributed by atoms with Gasteiger partial charge in [0.1, 0.15) is 23.5 Å². The van der Waals surface area contributed by atoms with Gasteiger partial charge in [-0.3, -0.25) is 0 Å². The Hall–Kier alpha value is -3.15. The van der Waals surface area contributed by atoms with E-state index in [0.29, 0.717) is 29.4 Å². The number of piperidine rings is 1. The molecule has 0 N–H and O–H groups in total. The number of halogens is 2. The number of anilines is 1. The highest BCUT2D eigenvalue weighted by Gasteiger charge is 2.21. The number of fused-ring (bicyclic) bond motifs is 1. The molecule has 26 heavy (non-hydrogen) atoms. The third-order valence-electron chi connectivity index (χ3n) is 4.45. The maximum atomic E-state index is 13.0. The molecule has 0 saturated carbocycles. The molecule has 1 fully saturated rings. The number of rotatable bonds is 3. The average Bonchev–Trinajstić information content (AvgIpc) is 3.11. The van der Waals surface area contributed by atoms with Crippen LogP contribution in [-0.2, 0) is 0 Å². The van der Waals surface area contributed by atoms with E-state index in [1.165, 1.54) is 23.0 Å². The van der Waals surface area contributed by atoms with Crippen molar-refractivity contribution in [2.24, 2.45) is 5.92 Å². The van der Waals surface area contributed by atoms with Gasteiger partial charge in [0.25, 0.3) is 6.43 Å². The second-order valence-corrected chi connectivity index (χ2v) is 6.15. The topological polar surface area (TPSA) is 83.0 Å². The Morgan fingerprint density at radius 3 is 2.92 bits per heavy atom. The van der Waals surface area contributed by atoms with Crippen molar-refractivity contribution in [2.75, 3.05) is 18.0 Å². The maximum Gasteiger partial charge on any atom is 0.282 e. The molecule has 7 nitrogen and oxygen atoms in total. The summed E-state index contributed by atoms with van der Waals surface area (Å²) in [7, 11) is 0. The summed E-state index contributed by atoms with van der Waals surface area (Å²) in [5.41, 5.74) is 1.20. The first-order valence-electron chi connectivity index (χ1n) is 8.25. The minimum absolute atomic E-state index is 0.0202. The summed E-state index contributed by atoms with van der Waals surface area (Å²) in [5.74, 6) is 0.683. The number of hydrogen-bond acceptors (Lipinski definition) is 6. The molecule has 0 aliphatic carbocycles. The van der Waals surface area contributed by atoms with Crippen molar-refractivity contribution in [1.29, 1.82) is 5.26 Å². The van der Waals surface area contributed by atoms with Crippen molar-refractivity contribution in [2.45, 2.75) is 19.3 Å². The predicted octanol–water partition coefficient (Wildman–Crippen LogP) is 2.86. The van der Waals surface area contributed by atoms with Gasteiger partial charge in [-0.1, -0.05) is 0 Å². The molecule has 0 bridgehead atoms. The van der Waals surface area contributed by atoms with Crippen molar-refractivity contribution in [1.82, 2.24) is 24.6 Å². The first kappa shape index (κ1) is 16.3. The lowest BCUT2D eigenvalue weighted by Gasteiger charge is -2.30. The summed E-state index contributed by atoms with van der Waals surface area (Å²) in [4.78, 5) is 14.8. The van der Waals surface area contributed by atoms with Crippen LogP contribution in [0.15, 0.2) is 30.7 Å². The molecule has 1 aliphatic heterocycles. The molecule has 4 heterocycles. The Kier molecular flexibility index (Phi) is 4.16. The quantitative estimate of drug-likeness (QED) is 0.718. The molecule has 1 saturated heterocycles. The number of hydrogen-bond donors (Lipinski definition) is 0. The molecule has 3 aromatic rings. The van der Waals surface area contributed by atoms with Gasteiger partial charge < -0.3 is 4.90 Å². The van der Waals surface area contributed by atoms with Crippen LogP contribution >= 0.6 is 0 Å². The predicted molar refractivity (Wildman–Crippen MR) is 89.5 cm³/mol. The van der Waals surface area contributed by atoms with Crippen LogP contribution < -0.4 is 4.90 Å². The summed E-state index contributed by atoms with van der Waals surface area (Å²) < 4.78 is 27.3. The Balaban J connectivity index is 1.72. The maximum absolute atomic E-state index is 13.0. The minimum atomic E-state index is -2.66. The first-order chi connectivity index (χ1) is 12.7. The van der Waals surface area contributed by atoms with Crippen LogP contribution in [0.3, 0.4) is 0 Å². The fourth-order valence-corrected chi connectivity index (χ4v) is 3.13. The minimum Gasteiger partial charge on any atom is -0.355 e. The molecule has 0 radical (unpaired) electrons. The van der Waals surface area contributed by atoms with Crippen molar-refractivity contribution in [3.8, 4) is 17.5 Å². The van der Waals surface area contributed by atoms with Gasteiger partial charge in [-0.25, -0.2) is 28.2 Å². The number of imidazole rings is 1. The van der Waals surface area contributed by atoms with Crippen LogP contribution in [-0.4, -0.2) is 37.7 Å². The Labute approximate surface area is 147 Å². The molecule has 4 rings (SSSR count). The number of aromatic nitrogens is 5. The van der Waals surface area contributed by atoms with Gasteiger partial charge in [0.15, 0.2) is 5.65 Å². The van der Waals surface area contributed by atoms with Crippen molar-refractivity contribution in [3.63, 3.8) is 0 Å². The fraction of sp³-hybridized carbons (Fsp3) is 0.353. The Morgan fingerprint density at radius 2 is 2.12 bits per heavy atom. The monoisotopic (exact) mass is 355 g/mol. The second-order valence-electron chi connectivity index (χ2n) is 6.15. The average molecular weight is 355 g/mol. The van der Waals surface area contributed by atoms with Crippen LogP contribution in [0.5, 0.6) is 0 Å². The van der Waals surface area contributed by atoms with Crippen molar-refractivity contribution < 1.29 is 8.78 Å². The highest BCUT2D eigenvalue weighted by Crippen LogP contribution is 2.26. The zero-order valence-corrected chi connectivity index (χ0v) is 13.8. The highest BCUT2D eigenvalue weighted by atomic mass is 19.3. The van der Waals surface area contributed by atoms with Gasteiger partial charge in [0.05, 0.1) is 23.9 Å². The molecule has 1 atom stereocenters. The van der Waals surface area contributed by atoms with E-state index in [0.717, 1.165) is 19.4 Å². The molecule has 1 unspecified atom stereocenters. The molecular weight excluding hydrogens is 340 g/mol. The molecule has 132 valence electrons. The summed E-state index contributed by atoms with van der Waals surface area (Å²) in [5, 5.41) is 13.1. The summed E-state index contributed by atoms with van der Waals surface area (Å²) in [6.07, 6.45) is 2.13. The number of nitriles is 1. The molecule has 9 heteroatoms. The first-order valence-corrected chi connectivity index (χ1v) is 8.25. The lowest BCUT2D eigenvalue weighted by atomic mass is 10.00. The number of nitrogens with zero attached hydrogens (tertiary/aromatic N) is 7. The van der Waals surface area contributed by atoms with Gasteiger partial charge in [0, 0.05) is 19.2 Å². The van der Waals surface area contributed by atoms with E-state index < -0.39 is 6.43 Å². The summed E-state index contributed by atoms with van der Waals surface area (Å²) >= 11 is 0. The molecule has 0 aromatic carbocycles. The number of alkyl halides is 2. The molecule has 3 aromatic heterocycles. The van der Waals surface area contributed by atoms with Gasteiger partial charge in [-0.2, -0.15) is 10.4 Å². The van der Waals surface area contributed by atoms with Crippen molar-refractivity contribution >= 4 is 11.5 Å². The fourth-order valence-electron chi connectivity index (χ4n) is 3.13.